The van der Waals surface area contributed by atoms with Crippen LogP contribution in [0.2, 0.25) is 0 Å². The predicted octanol–water partition coefficient (Wildman–Crippen LogP) is 8.69. The topological polar surface area (TPSA) is 16.4 Å². The van der Waals surface area contributed by atoms with E-state index in [-0.39, 0.29) is 0 Å². The Labute approximate surface area is 193 Å². The summed E-state index contributed by atoms with van der Waals surface area (Å²) in [5.41, 5.74) is 8.92. The van der Waals surface area contributed by atoms with Crippen LogP contribution in [0, 0.1) is 0 Å². The summed E-state index contributed by atoms with van der Waals surface area (Å²) in [6.45, 7) is 0. The third-order valence-electron chi connectivity index (χ3n) is 6.27. The van der Waals surface area contributed by atoms with Crippen molar-refractivity contribution in [2.75, 3.05) is 11.9 Å². The fraction of sp³-hybridized carbons (Fsp3) is 0.0323. The van der Waals surface area contributed by atoms with Crippen molar-refractivity contribution in [3.05, 3.63) is 121 Å². The Kier molecular flexibility index (Phi) is 4.70. The van der Waals surface area contributed by atoms with Gasteiger partial charge in [-0.1, -0.05) is 78.9 Å². The van der Waals surface area contributed by atoms with Crippen molar-refractivity contribution in [2.45, 2.75) is 0 Å². The molecule has 0 radical (unpaired) electrons. The normalized spacial score (nSPS) is 11.2. The number of rotatable bonds is 4. The van der Waals surface area contributed by atoms with Gasteiger partial charge in [0.1, 0.15) is 11.2 Å². The zero-order chi connectivity index (χ0) is 22.2. The fourth-order valence-electron chi connectivity index (χ4n) is 4.47. The second-order valence-electron chi connectivity index (χ2n) is 8.34. The monoisotopic (exact) mass is 425 g/mol. The molecule has 33 heavy (non-hydrogen) atoms. The molecule has 0 saturated carbocycles. The first kappa shape index (κ1) is 19.4. The summed E-state index contributed by atoms with van der Waals surface area (Å²) in [6.07, 6.45) is 0. The van der Waals surface area contributed by atoms with Crippen LogP contribution in [-0.2, 0) is 0 Å². The van der Waals surface area contributed by atoms with Crippen molar-refractivity contribution < 1.29 is 4.42 Å². The maximum Gasteiger partial charge on any atom is 0.135 e. The Morgan fingerprint density at radius 3 is 1.70 bits per heavy atom. The fourth-order valence-corrected chi connectivity index (χ4v) is 4.47. The van der Waals surface area contributed by atoms with Gasteiger partial charge in [-0.05, 0) is 64.7 Å². The minimum absolute atomic E-state index is 0.913. The van der Waals surface area contributed by atoms with E-state index >= 15 is 0 Å². The van der Waals surface area contributed by atoms with E-state index in [0.29, 0.717) is 0 Å². The van der Waals surface area contributed by atoms with Gasteiger partial charge in [0.2, 0.25) is 0 Å². The third-order valence-corrected chi connectivity index (χ3v) is 6.27. The summed E-state index contributed by atoms with van der Waals surface area (Å²) < 4.78 is 6.03. The van der Waals surface area contributed by atoms with Crippen molar-refractivity contribution in [1.82, 2.24) is 0 Å². The molecule has 2 heteroatoms. The highest BCUT2D eigenvalue weighted by Crippen LogP contribution is 2.37. The number of hydrogen-bond donors (Lipinski definition) is 0. The van der Waals surface area contributed by atoms with E-state index in [1.54, 1.807) is 0 Å². The van der Waals surface area contributed by atoms with Crippen LogP contribution in [0.15, 0.2) is 126 Å². The molecule has 0 N–H and O–H groups in total. The molecule has 0 unspecified atom stereocenters. The van der Waals surface area contributed by atoms with Gasteiger partial charge >= 0.3 is 0 Å². The van der Waals surface area contributed by atoms with E-state index in [0.717, 1.165) is 33.3 Å². The van der Waals surface area contributed by atoms with E-state index in [9.17, 15) is 0 Å². The van der Waals surface area contributed by atoms with Crippen LogP contribution in [0.5, 0.6) is 0 Å². The lowest BCUT2D eigenvalue weighted by Crippen LogP contribution is -2.09. The second kappa shape index (κ2) is 7.99. The third kappa shape index (κ3) is 3.56. The van der Waals surface area contributed by atoms with E-state index in [1.165, 1.54) is 22.3 Å². The standard InChI is InChI=1S/C31H23NO/c1-32(26-16-17-31-29(21-26)28-14-8-9-15-30(28)33-31)27-19-24(22-10-4-2-5-11-22)18-25(20-27)23-12-6-3-7-13-23/h2-21H,1H3. The van der Waals surface area contributed by atoms with Gasteiger partial charge in [-0.15, -0.1) is 0 Å². The van der Waals surface area contributed by atoms with Gasteiger partial charge < -0.3 is 9.32 Å². The largest absolute Gasteiger partial charge is 0.456 e. The molecule has 5 aromatic carbocycles. The number of benzene rings is 5. The highest BCUT2D eigenvalue weighted by Gasteiger charge is 2.13. The van der Waals surface area contributed by atoms with Gasteiger partial charge in [0.05, 0.1) is 0 Å². The number of nitrogens with zero attached hydrogens (tertiary/aromatic N) is 1. The lowest BCUT2D eigenvalue weighted by atomic mass is 9.97. The van der Waals surface area contributed by atoms with Crippen LogP contribution >= 0.6 is 0 Å². The zero-order valence-corrected chi connectivity index (χ0v) is 18.4. The Morgan fingerprint density at radius 2 is 1.03 bits per heavy atom. The molecule has 2 nitrogen and oxygen atoms in total. The van der Waals surface area contributed by atoms with Crippen LogP contribution in [0.25, 0.3) is 44.2 Å². The SMILES string of the molecule is CN(c1cc(-c2ccccc2)cc(-c2ccccc2)c1)c1ccc2oc3ccccc3c2c1. The molecule has 0 saturated heterocycles. The first-order valence-electron chi connectivity index (χ1n) is 11.2. The van der Waals surface area contributed by atoms with E-state index in [1.807, 2.05) is 12.1 Å². The Balaban J connectivity index is 1.50. The first-order chi connectivity index (χ1) is 16.3. The minimum atomic E-state index is 0.913. The highest BCUT2D eigenvalue weighted by atomic mass is 16.3. The summed E-state index contributed by atoms with van der Waals surface area (Å²) in [5, 5.41) is 2.28. The molecule has 1 aromatic heterocycles. The molecule has 0 spiro atoms. The van der Waals surface area contributed by atoms with Crippen molar-refractivity contribution in [2.24, 2.45) is 0 Å². The molecule has 0 aliphatic rings. The maximum absolute atomic E-state index is 6.03. The first-order valence-corrected chi connectivity index (χ1v) is 11.2. The zero-order valence-electron chi connectivity index (χ0n) is 18.4. The molecule has 158 valence electrons. The molecule has 1 heterocycles. The molecule has 6 rings (SSSR count). The number of hydrogen-bond acceptors (Lipinski definition) is 2. The molecule has 0 aliphatic carbocycles. The van der Waals surface area contributed by atoms with E-state index < -0.39 is 0 Å². The molecule has 0 aliphatic heterocycles. The van der Waals surface area contributed by atoms with Crippen molar-refractivity contribution in [1.29, 1.82) is 0 Å². The maximum atomic E-state index is 6.03. The lowest BCUT2D eigenvalue weighted by molar-refractivity contribution is 0.669. The summed E-state index contributed by atoms with van der Waals surface area (Å²) in [5.74, 6) is 0. The van der Waals surface area contributed by atoms with E-state index in [2.05, 4.69) is 121 Å². The van der Waals surface area contributed by atoms with Crippen molar-refractivity contribution in [3.8, 4) is 22.3 Å². The van der Waals surface area contributed by atoms with E-state index in [4.69, 9.17) is 4.42 Å². The molecular formula is C31H23NO. The molecule has 6 aromatic rings. The summed E-state index contributed by atoms with van der Waals surface area (Å²) in [6, 6.07) is 42.6. The van der Waals surface area contributed by atoms with Crippen molar-refractivity contribution in [3.63, 3.8) is 0 Å². The van der Waals surface area contributed by atoms with Gasteiger partial charge in [0.15, 0.2) is 0 Å². The summed E-state index contributed by atoms with van der Waals surface area (Å²) >= 11 is 0. The van der Waals surface area contributed by atoms with Crippen LogP contribution < -0.4 is 4.90 Å². The number of para-hydroxylation sites is 1. The Bertz CT molecular complexity index is 1510. The number of anilines is 2. The van der Waals surface area contributed by atoms with Gasteiger partial charge in [0, 0.05) is 29.2 Å². The molecular weight excluding hydrogens is 402 g/mol. The average molecular weight is 426 g/mol. The highest BCUT2D eigenvalue weighted by molar-refractivity contribution is 6.06. The smallest absolute Gasteiger partial charge is 0.135 e. The van der Waals surface area contributed by atoms with Crippen LogP contribution in [0.3, 0.4) is 0 Å². The molecule has 0 fully saturated rings. The van der Waals surface area contributed by atoms with Crippen LogP contribution in [0.1, 0.15) is 0 Å². The molecule has 0 bridgehead atoms. The number of fused-ring (bicyclic) bond motifs is 3. The summed E-state index contributed by atoms with van der Waals surface area (Å²) in [7, 11) is 2.13. The Morgan fingerprint density at radius 1 is 0.455 bits per heavy atom. The van der Waals surface area contributed by atoms with Gasteiger partial charge in [-0.3, -0.25) is 0 Å². The van der Waals surface area contributed by atoms with Crippen molar-refractivity contribution >= 4 is 33.3 Å². The Hall–Kier alpha value is -4.30. The second-order valence-corrected chi connectivity index (χ2v) is 8.34. The number of furan rings is 1. The quantitative estimate of drug-likeness (QED) is 0.281. The predicted molar refractivity (Wildman–Crippen MR) is 139 cm³/mol. The average Bonchev–Trinajstić information content (AvgIpc) is 3.27. The van der Waals surface area contributed by atoms with Gasteiger partial charge in [-0.2, -0.15) is 0 Å². The van der Waals surface area contributed by atoms with Crippen LogP contribution in [-0.4, -0.2) is 7.05 Å². The summed E-state index contributed by atoms with van der Waals surface area (Å²) in [4.78, 5) is 2.25. The minimum Gasteiger partial charge on any atom is -0.456 e. The van der Waals surface area contributed by atoms with Gasteiger partial charge in [0.25, 0.3) is 0 Å². The molecule has 0 atom stereocenters. The van der Waals surface area contributed by atoms with Gasteiger partial charge in [-0.25, -0.2) is 0 Å². The molecule has 0 amide bonds. The lowest BCUT2D eigenvalue weighted by Gasteiger charge is -2.22. The van der Waals surface area contributed by atoms with Crippen LogP contribution in [0.4, 0.5) is 11.4 Å².